The Morgan fingerprint density at radius 3 is 2.89 bits per heavy atom. The molecule has 27 heavy (non-hydrogen) atoms. The number of benzene rings is 1. The predicted molar refractivity (Wildman–Crippen MR) is 102 cm³/mol. The summed E-state index contributed by atoms with van der Waals surface area (Å²) in [5, 5.41) is 20.7. The molecule has 144 valence electrons. The minimum Gasteiger partial charge on any atom is -0.497 e. The first-order valence-electron chi connectivity index (χ1n) is 9.12. The summed E-state index contributed by atoms with van der Waals surface area (Å²) in [6.45, 7) is 3.52. The second-order valence-electron chi connectivity index (χ2n) is 7.25. The van der Waals surface area contributed by atoms with Gasteiger partial charge in [-0.15, -0.1) is 0 Å². The molecule has 0 unspecified atom stereocenters. The molecule has 0 spiro atoms. The maximum atomic E-state index is 12.3. The number of aliphatic carboxylic acids is 1. The van der Waals surface area contributed by atoms with Gasteiger partial charge >= 0.3 is 5.97 Å². The molecule has 2 N–H and O–H groups in total. The van der Waals surface area contributed by atoms with Crippen molar-refractivity contribution in [2.24, 2.45) is 5.41 Å². The number of carboxylic acids is 1. The lowest BCUT2D eigenvalue weighted by Crippen LogP contribution is -2.56. The van der Waals surface area contributed by atoms with Crippen molar-refractivity contribution in [2.45, 2.75) is 32.4 Å². The SMILES string of the molecule is COc1cccc(C[C@@]2(C(=O)O)CN(Cc3cccnc3C)CC[C@H]2O)c1. The summed E-state index contributed by atoms with van der Waals surface area (Å²) in [6.07, 6.45) is 1.54. The molecule has 6 nitrogen and oxygen atoms in total. The minimum atomic E-state index is -1.25. The lowest BCUT2D eigenvalue weighted by molar-refractivity contribution is -0.163. The van der Waals surface area contributed by atoms with Crippen LogP contribution in [0.2, 0.25) is 0 Å². The largest absolute Gasteiger partial charge is 0.497 e. The van der Waals surface area contributed by atoms with Crippen LogP contribution in [0.25, 0.3) is 0 Å². The zero-order valence-corrected chi connectivity index (χ0v) is 15.8. The van der Waals surface area contributed by atoms with Gasteiger partial charge in [0.2, 0.25) is 0 Å². The van der Waals surface area contributed by atoms with Crippen molar-refractivity contribution in [3.05, 3.63) is 59.4 Å². The highest BCUT2D eigenvalue weighted by Crippen LogP contribution is 2.36. The zero-order chi connectivity index (χ0) is 19.4. The molecule has 1 saturated heterocycles. The van der Waals surface area contributed by atoms with E-state index in [0.717, 1.165) is 16.8 Å². The summed E-state index contributed by atoms with van der Waals surface area (Å²) in [7, 11) is 1.58. The van der Waals surface area contributed by atoms with Gasteiger partial charge in [-0.25, -0.2) is 0 Å². The Labute approximate surface area is 159 Å². The molecule has 1 aromatic heterocycles. The smallest absolute Gasteiger partial charge is 0.313 e. The molecule has 3 rings (SSSR count). The number of methoxy groups -OCH3 is 1. The van der Waals surface area contributed by atoms with Gasteiger partial charge in [0.15, 0.2) is 0 Å². The molecule has 0 saturated carbocycles. The van der Waals surface area contributed by atoms with E-state index in [1.54, 1.807) is 13.3 Å². The molecule has 1 fully saturated rings. The third-order valence-corrected chi connectivity index (χ3v) is 5.45. The number of carbonyl (C=O) groups is 1. The number of aromatic nitrogens is 1. The van der Waals surface area contributed by atoms with Crippen molar-refractivity contribution in [3.63, 3.8) is 0 Å². The fraction of sp³-hybridized carbons (Fsp3) is 0.429. The number of nitrogens with zero attached hydrogens (tertiary/aromatic N) is 2. The zero-order valence-electron chi connectivity index (χ0n) is 15.8. The highest BCUT2D eigenvalue weighted by atomic mass is 16.5. The van der Waals surface area contributed by atoms with Gasteiger partial charge in [0.1, 0.15) is 11.2 Å². The molecule has 1 aromatic carbocycles. The van der Waals surface area contributed by atoms with E-state index in [0.29, 0.717) is 25.3 Å². The van der Waals surface area contributed by atoms with E-state index in [2.05, 4.69) is 9.88 Å². The van der Waals surface area contributed by atoms with Crippen LogP contribution in [0.3, 0.4) is 0 Å². The van der Waals surface area contributed by atoms with Gasteiger partial charge in [0, 0.05) is 31.5 Å². The van der Waals surface area contributed by atoms with Crippen LogP contribution in [0.15, 0.2) is 42.6 Å². The molecule has 1 aliphatic rings. The van der Waals surface area contributed by atoms with Crippen LogP contribution >= 0.6 is 0 Å². The van der Waals surface area contributed by atoms with E-state index in [-0.39, 0.29) is 13.0 Å². The number of aryl methyl sites for hydroxylation is 1. The average Bonchev–Trinajstić information content (AvgIpc) is 2.66. The first-order valence-corrected chi connectivity index (χ1v) is 9.12. The van der Waals surface area contributed by atoms with Crippen molar-refractivity contribution in [2.75, 3.05) is 20.2 Å². The number of hydrogen-bond acceptors (Lipinski definition) is 5. The molecule has 0 aliphatic carbocycles. The molecule has 2 atom stereocenters. The maximum Gasteiger partial charge on any atom is 0.313 e. The van der Waals surface area contributed by atoms with Crippen LogP contribution in [0.5, 0.6) is 5.75 Å². The van der Waals surface area contributed by atoms with Crippen molar-refractivity contribution in [3.8, 4) is 5.75 Å². The third-order valence-electron chi connectivity index (χ3n) is 5.45. The van der Waals surface area contributed by atoms with Crippen LogP contribution in [0.4, 0.5) is 0 Å². The summed E-state index contributed by atoms with van der Waals surface area (Å²) >= 11 is 0. The van der Waals surface area contributed by atoms with Crippen LogP contribution in [0.1, 0.15) is 23.2 Å². The standard InChI is InChI=1S/C21H26N2O4/c1-15-17(6-4-9-22-15)13-23-10-8-19(24)21(14-23,20(25)26)12-16-5-3-7-18(11-16)27-2/h3-7,9,11,19,24H,8,10,12-14H2,1-2H3,(H,25,26)/t19-,21-/m1/s1. The number of likely N-dealkylation sites (tertiary alicyclic amines) is 1. The van der Waals surface area contributed by atoms with E-state index in [1.807, 2.05) is 43.3 Å². The van der Waals surface area contributed by atoms with Gasteiger partial charge in [-0.2, -0.15) is 0 Å². The lowest BCUT2D eigenvalue weighted by Gasteiger charge is -2.43. The fourth-order valence-corrected chi connectivity index (χ4v) is 3.83. The molecule has 6 heteroatoms. The van der Waals surface area contributed by atoms with Crippen molar-refractivity contribution in [1.29, 1.82) is 0 Å². The molecule has 0 amide bonds. The molecule has 0 radical (unpaired) electrons. The van der Waals surface area contributed by atoms with Gasteiger partial charge in [-0.1, -0.05) is 18.2 Å². The van der Waals surface area contributed by atoms with Gasteiger partial charge in [-0.05, 0) is 49.1 Å². The van der Waals surface area contributed by atoms with E-state index >= 15 is 0 Å². The Balaban J connectivity index is 1.85. The van der Waals surface area contributed by atoms with E-state index in [9.17, 15) is 15.0 Å². The maximum absolute atomic E-state index is 12.3. The number of piperidine rings is 1. The van der Waals surface area contributed by atoms with Crippen LogP contribution in [-0.4, -0.2) is 52.4 Å². The summed E-state index contributed by atoms with van der Waals surface area (Å²) < 4.78 is 5.25. The molecule has 2 heterocycles. The topological polar surface area (TPSA) is 82.9 Å². The number of pyridine rings is 1. The van der Waals surface area contributed by atoms with E-state index < -0.39 is 17.5 Å². The molecule has 1 aliphatic heterocycles. The summed E-state index contributed by atoms with van der Waals surface area (Å²) in [4.78, 5) is 18.7. The van der Waals surface area contributed by atoms with Gasteiger partial charge in [-0.3, -0.25) is 14.7 Å². The highest BCUT2D eigenvalue weighted by Gasteiger charge is 2.49. The number of aliphatic hydroxyl groups is 1. The Hall–Kier alpha value is -2.44. The van der Waals surface area contributed by atoms with Crippen molar-refractivity contribution >= 4 is 5.97 Å². The number of ether oxygens (including phenoxy) is 1. The average molecular weight is 370 g/mol. The Morgan fingerprint density at radius 2 is 2.19 bits per heavy atom. The Kier molecular flexibility index (Phi) is 5.77. The minimum absolute atomic E-state index is 0.253. The quantitative estimate of drug-likeness (QED) is 0.812. The second-order valence-corrected chi connectivity index (χ2v) is 7.25. The van der Waals surface area contributed by atoms with Crippen LogP contribution in [0, 0.1) is 12.3 Å². The molecular weight excluding hydrogens is 344 g/mol. The normalized spacial score (nSPS) is 23.1. The van der Waals surface area contributed by atoms with Crippen molar-refractivity contribution < 1.29 is 19.7 Å². The van der Waals surface area contributed by atoms with E-state index in [4.69, 9.17) is 4.74 Å². The van der Waals surface area contributed by atoms with Crippen molar-refractivity contribution in [1.82, 2.24) is 9.88 Å². The number of carboxylic acid groups (broad SMARTS) is 1. The third kappa shape index (κ3) is 4.12. The molecule has 0 bridgehead atoms. The first-order chi connectivity index (χ1) is 12.9. The fourth-order valence-electron chi connectivity index (χ4n) is 3.83. The number of hydrogen-bond donors (Lipinski definition) is 2. The van der Waals surface area contributed by atoms with E-state index in [1.165, 1.54) is 0 Å². The summed E-state index contributed by atoms with van der Waals surface area (Å²) in [5.74, 6) is -0.286. The second kappa shape index (κ2) is 8.06. The van der Waals surface area contributed by atoms with Crippen LogP contribution in [-0.2, 0) is 17.8 Å². The first kappa shape index (κ1) is 19.3. The summed E-state index contributed by atoms with van der Waals surface area (Å²) in [5.41, 5.74) is 1.61. The Bertz CT molecular complexity index is 810. The monoisotopic (exact) mass is 370 g/mol. The summed E-state index contributed by atoms with van der Waals surface area (Å²) in [6, 6.07) is 11.3. The van der Waals surface area contributed by atoms with Gasteiger partial charge < -0.3 is 14.9 Å². The van der Waals surface area contributed by atoms with Gasteiger partial charge in [0.25, 0.3) is 0 Å². The molecular formula is C21H26N2O4. The predicted octanol–water partition coefficient (Wildman–Crippen LogP) is 2.28. The lowest BCUT2D eigenvalue weighted by atomic mass is 9.72. The van der Waals surface area contributed by atoms with Crippen LogP contribution < -0.4 is 4.74 Å². The van der Waals surface area contributed by atoms with Gasteiger partial charge in [0.05, 0.1) is 13.2 Å². The highest BCUT2D eigenvalue weighted by molar-refractivity contribution is 5.76. The molecule has 2 aromatic rings. The Morgan fingerprint density at radius 1 is 1.37 bits per heavy atom. The number of aliphatic hydroxyl groups excluding tert-OH is 1. The number of rotatable bonds is 6.